The van der Waals surface area contributed by atoms with Crippen LogP contribution in [0.5, 0.6) is 5.75 Å². The molecule has 5 rings (SSSR count). The summed E-state index contributed by atoms with van der Waals surface area (Å²) in [5.74, 6) is -1.00. The summed E-state index contributed by atoms with van der Waals surface area (Å²) in [5.41, 5.74) is 5.97. The third kappa shape index (κ3) is 4.61. The number of nitrogens with zero attached hydrogens (tertiary/aromatic N) is 2. The van der Waals surface area contributed by atoms with E-state index in [9.17, 15) is 14.7 Å². The molecule has 2 heterocycles. The molecule has 1 N–H and O–H groups in total. The number of rotatable bonds is 4. The summed E-state index contributed by atoms with van der Waals surface area (Å²) in [6.45, 7) is 12.3. The van der Waals surface area contributed by atoms with Gasteiger partial charge in [-0.3, -0.25) is 14.5 Å². The van der Waals surface area contributed by atoms with Gasteiger partial charge in [0.25, 0.3) is 5.78 Å². The molecule has 6 nitrogen and oxygen atoms in total. The molecule has 0 saturated carbocycles. The molecule has 0 aliphatic carbocycles. The SMILES string of the molecule is COc1ccc(/C(O)=C2\C(=O)C(=O)N(c3nc4c(C)cc(C)cc4s3)[C@@H]2c2ccc(C(C)(C)C)cc2)cc1C. The van der Waals surface area contributed by atoms with Crippen LogP contribution < -0.4 is 9.64 Å². The Kier molecular flexibility index (Phi) is 6.59. The van der Waals surface area contributed by atoms with Crippen LogP contribution in [-0.2, 0) is 15.0 Å². The summed E-state index contributed by atoms with van der Waals surface area (Å²) < 4.78 is 6.30. The summed E-state index contributed by atoms with van der Waals surface area (Å²) in [6, 6.07) is 16.3. The van der Waals surface area contributed by atoms with Gasteiger partial charge in [0.15, 0.2) is 5.13 Å². The molecule has 1 aliphatic rings. The first-order valence-electron chi connectivity index (χ1n) is 12.8. The molecule has 0 bridgehead atoms. The molecule has 0 radical (unpaired) electrons. The van der Waals surface area contributed by atoms with Crippen molar-refractivity contribution in [3.05, 3.63) is 93.6 Å². The number of carbonyl (C=O) groups is 2. The van der Waals surface area contributed by atoms with Crippen molar-refractivity contribution in [3.63, 3.8) is 0 Å². The molecular formula is C32H32N2O4S. The smallest absolute Gasteiger partial charge is 0.301 e. The van der Waals surface area contributed by atoms with Crippen molar-refractivity contribution in [2.75, 3.05) is 12.0 Å². The fourth-order valence-corrected chi connectivity index (χ4v) is 6.32. The van der Waals surface area contributed by atoms with Crippen molar-refractivity contribution >= 4 is 44.1 Å². The maximum Gasteiger partial charge on any atom is 0.301 e. The number of benzene rings is 3. The maximum absolute atomic E-state index is 13.6. The zero-order valence-electron chi connectivity index (χ0n) is 23.2. The number of aliphatic hydroxyl groups excluding tert-OH is 1. The van der Waals surface area contributed by atoms with E-state index in [-0.39, 0.29) is 16.7 Å². The fraction of sp³-hybridized carbons (Fsp3) is 0.281. The minimum atomic E-state index is -0.830. The van der Waals surface area contributed by atoms with E-state index in [1.165, 1.54) is 16.2 Å². The minimum Gasteiger partial charge on any atom is -0.507 e. The van der Waals surface area contributed by atoms with Crippen LogP contribution in [0.25, 0.3) is 16.0 Å². The average molecular weight is 541 g/mol. The van der Waals surface area contributed by atoms with Crippen LogP contribution >= 0.6 is 11.3 Å². The summed E-state index contributed by atoms with van der Waals surface area (Å²) >= 11 is 1.37. The Labute approximate surface area is 232 Å². The average Bonchev–Trinajstić information content (AvgIpc) is 3.41. The molecule has 1 aliphatic heterocycles. The predicted octanol–water partition coefficient (Wildman–Crippen LogP) is 7.15. The van der Waals surface area contributed by atoms with E-state index in [2.05, 4.69) is 26.8 Å². The van der Waals surface area contributed by atoms with Gasteiger partial charge in [0.05, 0.1) is 28.9 Å². The van der Waals surface area contributed by atoms with Gasteiger partial charge >= 0.3 is 5.91 Å². The Morgan fingerprint density at radius 2 is 1.67 bits per heavy atom. The summed E-state index contributed by atoms with van der Waals surface area (Å²) in [6.07, 6.45) is 0. The van der Waals surface area contributed by atoms with Crippen LogP contribution in [0, 0.1) is 20.8 Å². The van der Waals surface area contributed by atoms with Crippen molar-refractivity contribution in [1.82, 2.24) is 4.98 Å². The number of fused-ring (bicyclic) bond motifs is 1. The van der Waals surface area contributed by atoms with Gasteiger partial charge in [-0.15, -0.1) is 0 Å². The molecular weight excluding hydrogens is 508 g/mol. The molecule has 1 atom stereocenters. The lowest BCUT2D eigenvalue weighted by molar-refractivity contribution is -0.132. The molecule has 0 spiro atoms. The number of Topliss-reactive ketones (excluding diaryl/α,β-unsaturated/α-hetero) is 1. The van der Waals surface area contributed by atoms with Gasteiger partial charge in [-0.2, -0.15) is 0 Å². The number of aromatic nitrogens is 1. The Morgan fingerprint density at radius 1 is 0.974 bits per heavy atom. The van der Waals surface area contributed by atoms with Crippen LogP contribution in [0.3, 0.4) is 0 Å². The number of aryl methyl sites for hydroxylation is 3. The number of hydrogen-bond donors (Lipinski definition) is 1. The van der Waals surface area contributed by atoms with Gasteiger partial charge in [-0.25, -0.2) is 4.98 Å². The molecule has 39 heavy (non-hydrogen) atoms. The number of ether oxygens (including phenoxy) is 1. The third-order valence-corrected chi connectivity index (χ3v) is 8.23. The number of ketones is 1. The first kappa shape index (κ1) is 26.6. The standard InChI is InChI=1S/C32H32N2O4S/c1-17-14-19(3)26-24(15-17)39-31(33-26)34-27(20-8-11-22(12-9-20)32(4,5)6)25(29(36)30(34)37)28(35)21-10-13-23(38-7)18(2)16-21/h8-16,27,35H,1-7H3/b28-25+/t27-/m1/s1. The first-order valence-corrected chi connectivity index (χ1v) is 13.7. The predicted molar refractivity (Wildman–Crippen MR) is 157 cm³/mol. The quantitative estimate of drug-likeness (QED) is 0.169. The molecule has 1 saturated heterocycles. The van der Waals surface area contributed by atoms with E-state index in [1.54, 1.807) is 25.3 Å². The summed E-state index contributed by atoms with van der Waals surface area (Å²) in [7, 11) is 1.58. The number of aliphatic hydroxyl groups is 1. The lowest BCUT2D eigenvalue weighted by Crippen LogP contribution is -2.29. The fourth-order valence-electron chi connectivity index (χ4n) is 5.15. The lowest BCUT2D eigenvalue weighted by atomic mass is 9.85. The van der Waals surface area contributed by atoms with Crippen molar-refractivity contribution in [3.8, 4) is 5.75 Å². The van der Waals surface area contributed by atoms with Crippen molar-refractivity contribution in [2.24, 2.45) is 0 Å². The van der Waals surface area contributed by atoms with E-state index in [1.807, 2.05) is 51.1 Å². The molecule has 200 valence electrons. The van der Waals surface area contributed by atoms with Crippen LogP contribution in [-0.4, -0.2) is 28.9 Å². The Bertz CT molecular complexity index is 1660. The lowest BCUT2D eigenvalue weighted by Gasteiger charge is -2.25. The second kappa shape index (κ2) is 9.65. The molecule has 1 amide bonds. The van der Waals surface area contributed by atoms with Crippen molar-refractivity contribution in [1.29, 1.82) is 0 Å². The van der Waals surface area contributed by atoms with Gasteiger partial charge in [0.1, 0.15) is 11.5 Å². The molecule has 7 heteroatoms. The number of methoxy groups -OCH3 is 1. The van der Waals surface area contributed by atoms with E-state index in [4.69, 9.17) is 9.72 Å². The molecule has 0 unspecified atom stereocenters. The van der Waals surface area contributed by atoms with E-state index < -0.39 is 17.7 Å². The van der Waals surface area contributed by atoms with Crippen LogP contribution in [0.1, 0.15) is 60.2 Å². The number of thiazole rings is 1. The zero-order valence-corrected chi connectivity index (χ0v) is 24.1. The maximum atomic E-state index is 13.6. The highest BCUT2D eigenvalue weighted by atomic mass is 32.1. The second-order valence-corrected chi connectivity index (χ2v) is 12.2. The van der Waals surface area contributed by atoms with Gasteiger partial charge in [0.2, 0.25) is 0 Å². The van der Waals surface area contributed by atoms with Gasteiger partial charge in [0, 0.05) is 5.56 Å². The van der Waals surface area contributed by atoms with E-state index in [0.29, 0.717) is 16.4 Å². The Balaban J connectivity index is 1.73. The molecule has 3 aromatic carbocycles. The van der Waals surface area contributed by atoms with Gasteiger partial charge < -0.3 is 9.84 Å². The highest BCUT2D eigenvalue weighted by Gasteiger charge is 2.48. The van der Waals surface area contributed by atoms with E-state index in [0.717, 1.165) is 38.0 Å². The zero-order chi connectivity index (χ0) is 28.2. The number of anilines is 1. The van der Waals surface area contributed by atoms with E-state index >= 15 is 0 Å². The van der Waals surface area contributed by atoms with Crippen molar-refractivity contribution in [2.45, 2.75) is 53.0 Å². The number of amides is 1. The second-order valence-electron chi connectivity index (χ2n) is 11.2. The topological polar surface area (TPSA) is 79.7 Å². The third-order valence-electron chi connectivity index (χ3n) is 7.23. The van der Waals surface area contributed by atoms with Crippen LogP contribution in [0.2, 0.25) is 0 Å². The van der Waals surface area contributed by atoms with Gasteiger partial charge in [-0.1, -0.05) is 62.4 Å². The molecule has 1 fully saturated rings. The minimum absolute atomic E-state index is 0.0419. The number of carbonyl (C=O) groups excluding carboxylic acids is 2. The Morgan fingerprint density at radius 3 is 2.28 bits per heavy atom. The highest BCUT2D eigenvalue weighted by molar-refractivity contribution is 7.22. The first-order chi connectivity index (χ1) is 18.4. The Hall–Kier alpha value is -3.97. The monoisotopic (exact) mass is 540 g/mol. The summed E-state index contributed by atoms with van der Waals surface area (Å²) in [4.78, 5) is 33.5. The largest absolute Gasteiger partial charge is 0.507 e. The van der Waals surface area contributed by atoms with Crippen LogP contribution in [0.4, 0.5) is 5.13 Å². The van der Waals surface area contributed by atoms with Crippen molar-refractivity contribution < 1.29 is 19.4 Å². The molecule has 4 aromatic rings. The summed E-state index contributed by atoms with van der Waals surface area (Å²) in [5, 5.41) is 11.9. The van der Waals surface area contributed by atoms with Crippen LogP contribution in [0.15, 0.2) is 60.2 Å². The number of hydrogen-bond acceptors (Lipinski definition) is 6. The van der Waals surface area contributed by atoms with Gasteiger partial charge in [-0.05, 0) is 78.3 Å². The highest BCUT2D eigenvalue weighted by Crippen LogP contribution is 2.45. The normalized spacial score (nSPS) is 17.3. The molecule has 1 aromatic heterocycles.